The van der Waals surface area contributed by atoms with Crippen molar-refractivity contribution in [3.8, 4) is 0 Å². The Bertz CT molecular complexity index is 577. The van der Waals surface area contributed by atoms with Crippen LogP contribution in [-0.4, -0.2) is 18.3 Å². The van der Waals surface area contributed by atoms with Crippen LogP contribution >= 0.6 is 15.9 Å². The predicted octanol–water partition coefficient (Wildman–Crippen LogP) is 1.34. The van der Waals surface area contributed by atoms with E-state index in [0.717, 1.165) is 0 Å². The molecule has 1 heterocycles. The second-order valence-electron chi connectivity index (χ2n) is 2.78. The van der Waals surface area contributed by atoms with Crippen molar-refractivity contribution in [3.63, 3.8) is 0 Å². The minimum atomic E-state index is -4.29. The molecule has 0 aliphatic rings. The number of rotatable bonds is 3. The van der Waals surface area contributed by atoms with Crippen molar-refractivity contribution in [3.05, 3.63) is 26.5 Å². The lowest BCUT2D eigenvalue weighted by Crippen LogP contribution is -2.15. The Balaban J connectivity index is 3.63. The van der Waals surface area contributed by atoms with Crippen molar-refractivity contribution in [2.45, 2.75) is 11.3 Å². The van der Waals surface area contributed by atoms with Crippen molar-refractivity contribution in [2.24, 2.45) is 5.14 Å². The minimum Gasteiger partial charge on any atom is -0.258 e. The molecule has 0 saturated heterocycles. The molecule has 1 aromatic rings. The molecule has 0 bridgehead atoms. The number of primary sulfonamides is 1. The summed E-state index contributed by atoms with van der Waals surface area (Å²) in [4.78, 5) is 11.7. The lowest BCUT2D eigenvalue weighted by molar-refractivity contribution is -0.386. The maximum Gasteiger partial charge on any atom is 0.298 e. The van der Waals surface area contributed by atoms with Crippen LogP contribution in [0.5, 0.6) is 0 Å². The summed E-state index contributed by atoms with van der Waals surface area (Å²) in [5.74, 6) is 0. The van der Waals surface area contributed by atoms with E-state index in [1.54, 1.807) is 0 Å². The van der Waals surface area contributed by atoms with Crippen LogP contribution in [0.2, 0.25) is 0 Å². The molecular formula is C6H4BrF2N3O4S. The Labute approximate surface area is 102 Å². The number of halogens is 3. The molecule has 0 aliphatic carbocycles. The summed E-state index contributed by atoms with van der Waals surface area (Å²) >= 11 is 2.61. The standard InChI is InChI=1S/C6H4BrF2N3O4S/c7-5-3(17(10,15)16)1-2(12(13)14)4(11-5)6(8)9/h1,6H,(H2,10,15,16). The Hall–Kier alpha value is -1.20. The molecule has 17 heavy (non-hydrogen) atoms. The van der Waals surface area contributed by atoms with Gasteiger partial charge in [-0.25, -0.2) is 27.3 Å². The van der Waals surface area contributed by atoms with Crippen LogP contribution in [0, 0.1) is 10.1 Å². The lowest BCUT2D eigenvalue weighted by Gasteiger charge is -2.05. The largest absolute Gasteiger partial charge is 0.298 e. The molecule has 0 atom stereocenters. The van der Waals surface area contributed by atoms with Crippen molar-refractivity contribution in [2.75, 3.05) is 0 Å². The summed E-state index contributed by atoms with van der Waals surface area (Å²) in [6.07, 6.45) is -3.21. The number of pyridine rings is 1. The third-order valence-electron chi connectivity index (χ3n) is 1.66. The number of aromatic nitrogens is 1. The van der Waals surface area contributed by atoms with Crippen LogP contribution < -0.4 is 5.14 Å². The Morgan fingerprint density at radius 1 is 1.53 bits per heavy atom. The third-order valence-corrected chi connectivity index (χ3v) is 3.45. The first-order chi connectivity index (χ1) is 7.64. The summed E-state index contributed by atoms with van der Waals surface area (Å²) in [7, 11) is -4.29. The highest BCUT2D eigenvalue weighted by Crippen LogP contribution is 2.32. The maximum absolute atomic E-state index is 12.4. The zero-order valence-corrected chi connectivity index (χ0v) is 10.2. The van der Waals surface area contributed by atoms with E-state index in [4.69, 9.17) is 5.14 Å². The van der Waals surface area contributed by atoms with Gasteiger partial charge in [0.05, 0.1) is 4.92 Å². The van der Waals surface area contributed by atoms with Crippen LogP contribution in [0.25, 0.3) is 0 Å². The highest BCUT2D eigenvalue weighted by Gasteiger charge is 2.28. The first kappa shape index (κ1) is 13.9. The fourth-order valence-electron chi connectivity index (χ4n) is 0.982. The number of nitrogens with two attached hydrogens (primary N) is 1. The molecule has 1 rings (SSSR count). The van der Waals surface area contributed by atoms with Gasteiger partial charge in [0.2, 0.25) is 10.0 Å². The second kappa shape index (κ2) is 4.58. The Kier molecular flexibility index (Phi) is 3.74. The first-order valence-corrected chi connectivity index (χ1v) is 6.14. The minimum absolute atomic E-state index is 0.438. The molecule has 0 spiro atoms. The summed E-state index contributed by atoms with van der Waals surface area (Å²) in [5.41, 5.74) is -2.23. The zero-order valence-electron chi connectivity index (χ0n) is 7.80. The molecule has 11 heteroatoms. The van der Waals surface area contributed by atoms with Crippen molar-refractivity contribution < 1.29 is 22.1 Å². The third kappa shape index (κ3) is 2.92. The predicted molar refractivity (Wildman–Crippen MR) is 54.9 cm³/mol. The smallest absolute Gasteiger partial charge is 0.258 e. The van der Waals surface area contributed by atoms with Gasteiger partial charge in [0.25, 0.3) is 12.1 Å². The number of hydrogen-bond acceptors (Lipinski definition) is 5. The van der Waals surface area contributed by atoms with Crippen LogP contribution in [0.4, 0.5) is 14.5 Å². The molecule has 0 unspecified atom stereocenters. The molecule has 94 valence electrons. The molecule has 0 aliphatic heterocycles. The Morgan fingerprint density at radius 2 is 2.06 bits per heavy atom. The summed E-state index contributed by atoms with van der Waals surface area (Å²) in [5, 5.41) is 15.2. The molecule has 0 radical (unpaired) electrons. The number of sulfonamides is 1. The number of hydrogen-bond donors (Lipinski definition) is 1. The van der Waals surface area contributed by atoms with Crippen LogP contribution in [-0.2, 0) is 10.0 Å². The van der Waals surface area contributed by atoms with Crippen LogP contribution in [0.3, 0.4) is 0 Å². The normalized spacial score (nSPS) is 11.8. The molecule has 0 aromatic carbocycles. The van der Waals surface area contributed by atoms with Crippen LogP contribution in [0.1, 0.15) is 12.1 Å². The van der Waals surface area contributed by atoms with Gasteiger partial charge in [-0.2, -0.15) is 0 Å². The fraction of sp³-hybridized carbons (Fsp3) is 0.167. The Morgan fingerprint density at radius 3 is 2.41 bits per heavy atom. The highest BCUT2D eigenvalue weighted by molar-refractivity contribution is 9.10. The summed E-state index contributed by atoms with van der Waals surface area (Å²) in [6, 6.07) is 0.438. The molecule has 0 fully saturated rings. The number of nitro groups is 1. The van der Waals surface area contributed by atoms with Crippen molar-refractivity contribution in [1.29, 1.82) is 0 Å². The van der Waals surface area contributed by atoms with Crippen molar-refractivity contribution >= 4 is 31.6 Å². The van der Waals surface area contributed by atoms with Gasteiger partial charge < -0.3 is 0 Å². The van der Waals surface area contributed by atoms with Crippen molar-refractivity contribution in [1.82, 2.24) is 4.98 Å². The highest BCUT2D eigenvalue weighted by atomic mass is 79.9. The van der Waals surface area contributed by atoms with Gasteiger partial charge in [-0.1, -0.05) is 0 Å². The number of alkyl halides is 2. The maximum atomic E-state index is 12.4. The average Bonchev–Trinajstić information content (AvgIpc) is 2.14. The van der Waals surface area contributed by atoms with E-state index < -0.39 is 42.3 Å². The SMILES string of the molecule is NS(=O)(=O)c1cc([N+](=O)[O-])c(C(F)F)nc1Br. The van der Waals surface area contributed by atoms with Gasteiger partial charge in [0, 0.05) is 6.07 Å². The molecule has 2 N–H and O–H groups in total. The molecule has 0 amide bonds. The van der Waals surface area contributed by atoms with E-state index in [-0.39, 0.29) is 0 Å². The van der Waals surface area contributed by atoms with Crippen LogP contribution in [0.15, 0.2) is 15.6 Å². The van der Waals surface area contributed by atoms with Gasteiger partial charge in [-0.3, -0.25) is 10.1 Å². The van der Waals surface area contributed by atoms with Gasteiger partial charge in [-0.15, -0.1) is 0 Å². The van der Waals surface area contributed by atoms with E-state index in [1.165, 1.54) is 0 Å². The van der Waals surface area contributed by atoms with E-state index in [1.807, 2.05) is 0 Å². The van der Waals surface area contributed by atoms with Gasteiger partial charge in [-0.05, 0) is 15.9 Å². The van der Waals surface area contributed by atoms with E-state index in [2.05, 4.69) is 20.9 Å². The fourth-order valence-corrected chi connectivity index (χ4v) is 2.52. The van der Waals surface area contributed by atoms with Gasteiger partial charge in [0.1, 0.15) is 9.50 Å². The first-order valence-electron chi connectivity index (χ1n) is 3.80. The topological polar surface area (TPSA) is 116 Å². The quantitative estimate of drug-likeness (QED) is 0.509. The lowest BCUT2D eigenvalue weighted by atomic mass is 10.3. The van der Waals surface area contributed by atoms with Gasteiger partial charge in [0.15, 0.2) is 5.69 Å². The monoisotopic (exact) mass is 331 g/mol. The van der Waals surface area contributed by atoms with E-state index >= 15 is 0 Å². The van der Waals surface area contributed by atoms with Gasteiger partial charge >= 0.3 is 0 Å². The molecular weight excluding hydrogens is 328 g/mol. The average molecular weight is 332 g/mol. The van der Waals surface area contributed by atoms with E-state index in [0.29, 0.717) is 6.07 Å². The summed E-state index contributed by atoms with van der Waals surface area (Å²) in [6.45, 7) is 0. The molecule has 0 saturated carbocycles. The zero-order chi connectivity index (χ0) is 13.4. The van der Waals surface area contributed by atoms with E-state index in [9.17, 15) is 27.3 Å². The second-order valence-corrected chi connectivity index (χ2v) is 5.07. The number of nitrogens with zero attached hydrogens (tertiary/aromatic N) is 2. The summed E-state index contributed by atoms with van der Waals surface area (Å²) < 4.78 is 46.4. The molecule has 1 aromatic heterocycles. The molecule has 7 nitrogen and oxygen atoms in total.